The second-order valence-corrected chi connectivity index (χ2v) is 12.3. The summed E-state index contributed by atoms with van der Waals surface area (Å²) in [6.07, 6.45) is 1.90. The van der Waals surface area contributed by atoms with Gasteiger partial charge in [-0.1, -0.05) is 115 Å². The minimum absolute atomic E-state index is 0.856. The average molecular weight is 641 g/mol. The molecule has 0 atom stereocenters. The van der Waals surface area contributed by atoms with E-state index in [9.17, 15) is 0 Å². The second kappa shape index (κ2) is 12.7. The molecular weight excluding hydrogens is 609 g/mol. The van der Waals surface area contributed by atoms with Crippen LogP contribution in [0.1, 0.15) is 0 Å². The predicted octanol–water partition coefficient (Wildman–Crippen LogP) is 12.5. The number of anilines is 6. The van der Waals surface area contributed by atoms with E-state index < -0.39 is 0 Å². The minimum atomic E-state index is 0.856. The van der Waals surface area contributed by atoms with Crippen LogP contribution in [-0.4, -0.2) is 9.97 Å². The molecule has 1 aromatic heterocycles. The molecule has 8 aromatic carbocycles. The molecule has 9 rings (SSSR count). The highest BCUT2D eigenvalue weighted by atomic mass is 15.1. The molecule has 4 heteroatoms. The van der Waals surface area contributed by atoms with Gasteiger partial charge in [0, 0.05) is 50.5 Å². The van der Waals surface area contributed by atoms with Gasteiger partial charge >= 0.3 is 0 Å². The Morgan fingerprint density at radius 3 is 1.12 bits per heavy atom. The molecular formula is C46H32N4. The first-order valence-corrected chi connectivity index (χ1v) is 16.8. The Bertz CT molecular complexity index is 2500. The number of rotatable bonds is 7. The smallest absolute Gasteiger partial charge is 0.0979 e. The van der Waals surface area contributed by atoms with E-state index in [1.807, 2.05) is 24.4 Å². The second-order valence-electron chi connectivity index (χ2n) is 12.3. The van der Waals surface area contributed by atoms with Crippen LogP contribution >= 0.6 is 0 Å². The molecule has 0 N–H and O–H groups in total. The zero-order valence-electron chi connectivity index (χ0n) is 27.3. The third-order valence-corrected chi connectivity index (χ3v) is 9.22. The molecule has 0 saturated carbocycles. The van der Waals surface area contributed by atoms with Gasteiger partial charge < -0.3 is 9.80 Å². The standard InChI is InChI=1S/C46H32N4/c1-6-16-33(17-7-1)44-32-47-45-40-28-26-38(49(34-18-8-2-9-19-34)35-20-10-3-11-21-35)30-42(40)43-31-39(27-29-41(43)46(45)48-44)50(36-22-12-4-13-23-36)37-24-14-5-15-25-37/h1-32H. The van der Waals surface area contributed by atoms with Gasteiger partial charge in [0.15, 0.2) is 0 Å². The van der Waals surface area contributed by atoms with E-state index >= 15 is 0 Å². The zero-order valence-corrected chi connectivity index (χ0v) is 27.3. The van der Waals surface area contributed by atoms with Crippen molar-refractivity contribution in [1.29, 1.82) is 0 Å². The van der Waals surface area contributed by atoms with Crippen LogP contribution in [0.15, 0.2) is 194 Å². The number of nitrogens with zero attached hydrogens (tertiary/aromatic N) is 4. The fraction of sp³-hybridized carbons (Fsp3) is 0. The number of hydrogen-bond acceptors (Lipinski definition) is 4. The van der Waals surface area contributed by atoms with Gasteiger partial charge in [-0.3, -0.25) is 4.98 Å². The quantitative estimate of drug-likeness (QED) is 0.162. The average Bonchev–Trinajstić information content (AvgIpc) is 3.20. The summed E-state index contributed by atoms with van der Waals surface area (Å²) < 4.78 is 0. The summed E-state index contributed by atoms with van der Waals surface area (Å²) in [6, 6.07) is 65.9. The molecule has 9 aromatic rings. The molecule has 1 heterocycles. The summed E-state index contributed by atoms with van der Waals surface area (Å²) >= 11 is 0. The topological polar surface area (TPSA) is 32.3 Å². The lowest BCUT2D eigenvalue weighted by Crippen LogP contribution is -2.10. The first-order valence-electron chi connectivity index (χ1n) is 16.8. The highest BCUT2D eigenvalue weighted by Gasteiger charge is 2.19. The third kappa shape index (κ3) is 5.29. The van der Waals surface area contributed by atoms with Crippen molar-refractivity contribution >= 4 is 66.7 Å². The van der Waals surface area contributed by atoms with Crippen LogP contribution in [0.2, 0.25) is 0 Å². The Kier molecular flexibility index (Phi) is 7.45. The van der Waals surface area contributed by atoms with E-state index in [4.69, 9.17) is 9.97 Å². The molecule has 0 saturated heterocycles. The van der Waals surface area contributed by atoms with Gasteiger partial charge in [-0.05, 0) is 83.6 Å². The Labute approximate surface area is 291 Å². The highest BCUT2D eigenvalue weighted by Crippen LogP contribution is 2.43. The first kappa shape index (κ1) is 29.4. The van der Waals surface area contributed by atoms with Crippen LogP contribution in [0.3, 0.4) is 0 Å². The number of benzene rings is 8. The van der Waals surface area contributed by atoms with Gasteiger partial charge in [-0.25, -0.2) is 4.98 Å². The normalized spacial score (nSPS) is 11.2. The molecule has 0 amide bonds. The van der Waals surface area contributed by atoms with E-state index in [0.29, 0.717) is 0 Å². The zero-order chi connectivity index (χ0) is 33.3. The van der Waals surface area contributed by atoms with Crippen LogP contribution in [0.4, 0.5) is 34.1 Å². The molecule has 50 heavy (non-hydrogen) atoms. The van der Waals surface area contributed by atoms with Gasteiger partial charge in [0.2, 0.25) is 0 Å². The van der Waals surface area contributed by atoms with E-state index in [1.54, 1.807) is 0 Å². The highest BCUT2D eigenvalue weighted by molar-refractivity contribution is 6.24. The van der Waals surface area contributed by atoms with Gasteiger partial charge in [0.25, 0.3) is 0 Å². The molecule has 0 aliphatic carbocycles. The summed E-state index contributed by atoms with van der Waals surface area (Å²) in [5.41, 5.74) is 10.2. The van der Waals surface area contributed by atoms with Crippen molar-refractivity contribution < 1.29 is 0 Å². The molecule has 0 spiro atoms. The molecule has 0 radical (unpaired) electrons. The van der Waals surface area contributed by atoms with Crippen LogP contribution in [-0.2, 0) is 0 Å². The monoisotopic (exact) mass is 640 g/mol. The molecule has 4 nitrogen and oxygen atoms in total. The van der Waals surface area contributed by atoms with Crippen molar-refractivity contribution in [1.82, 2.24) is 9.97 Å². The SMILES string of the molecule is c1ccc(-c2cnc3c4ccc(N(c5ccccc5)c5ccccc5)cc4c4cc(N(c5ccccc5)c5ccccc5)ccc4c3n2)cc1. The van der Waals surface area contributed by atoms with Crippen molar-refractivity contribution in [2.24, 2.45) is 0 Å². The molecule has 0 aliphatic heterocycles. The Morgan fingerprint density at radius 2 is 0.700 bits per heavy atom. The summed E-state index contributed by atoms with van der Waals surface area (Å²) in [7, 11) is 0. The van der Waals surface area contributed by atoms with E-state index in [2.05, 4.69) is 180 Å². The van der Waals surface area contributed by atoms with E-state index in [-0.39, 0.29) is 0 Å². The van der Waals surface area contributed by atoms with Crippen LogP contribution in [0.5, 0.6) is 0 Å². The Hall–Kier alpha value is -6.78. The van der Waals surface area contributed by atoms with Crippen molar-refractivity contribution in [3.8, 4) is 11.3 Å². The van der Waals surface area contributed by atoms with Gasteiger partial charge in [0.05, 0.1) is 22.9 Å². The molecule has 0 fully saturated rings. The van der Waals surface area contributed by atoms with Crippen LogP contribution in [0, 0.1) is 0 Å². The Morgan fingerprint density at radius 1 is 0.320 bits per heavy atom. The molecule has 0 bridgehead atoms. The van der Waals surface area contributed by atoms with Gasteiger partial charge in [-0.2, -0.15) is 0 Å². The van der Waals surface area contributed by atoms with E-state index in [0.717, 1.165) is 78.0 Å². The predicted molar refractivity (Wildman–Crippen MR) is 209 cm³/mol. The summed E-state index contributed by atoms with van der Waals surface area (Å²) in [5.74, 6) is 0. The number of fused-ring (bicyclic) bond motifs is 6. The Balaban J connectivity index is 1.34. The largest absolute Gasteiger partial charge is 0.310 e. The fourth-order valence-electron chi connectivity index (χ4n) is 6.93. The van der Waals surface area contributed by atoms with Crippen LogP contribution in [0.25, 0.3) is 43.8 Å². The summed E-state index contributed by atoms with van der Waals surface area (Å²) in [5, 5.41) is 4.36. The van der Waals surface area contributed by atoms with Gasteiger partial charge in [-0.15, -0.1) is 0 Å². The molecule has 0 unspecified atom stereocenters. The maximum atomic E-state index is 5.28. The number of aromatic nitrogens is 2. The molecule has 0 aliphatic rings. The third-order valence-electron chi connectivity index (χ3n) is 9.22. The van der Waals surface area contributed by atoms with Gasteiger partial charge in [0.1, 0.15) is 0 Å². The van der Waals surface area contributed by atoms with Crippen LogP contribution < -0.4 is 9.80 Å². The molecule has 236 valence electrons. The lowest BCUT2D eigenvalue weighted by atomic mass is 9.97. The van der Waals surface area contributed by atoms with Crippen molar-refractivity contribution in [3.63, 3.8) is 0 Å². The first-order chi connectivity index (χ1) is 24.8. The van der Waals surface area contributed by atoms with Crippen molar-refractivity contribution in [2.75, 3.05) is 9.80 Å². The summed E-state index contributed by atoms with van der Waals surface area (Å²) in [4.78, 5) is 15.0. The van der Waals surface area contributed by atoms with Crippen molar-refractivity contribution in [2.45, 2.75) is 0 Å². The lowest BCUT2D eigenvalue weighted by molar-refractivity contribution is 1.28. The summed E-state index contributed by atoms with van der Waals surface area (Å²) in [6.45, 7) is 0. The van der Waals surface area contributed by atoms with Crippen molar-refractivity contribution in [3.05, 3.63) is 194 Å². The fourth-order valence-corrected chi connectivity index (χ4v) is 6.93. The maximum Gasteiger partial charge on any atom is 0.0979 e. The maximum absolute atomic E-state index is 5.28. The number of para-hydroxylation sites is 4. The lowest BCUT2D eigenvalue weighted by Gasteiger charge is -2.27. The minimum Gasteiger partial charge on any atom is -0.310 e. The number of hydrogen-bond donors (Lipinski definition) is 0. The van der Waals surface area contributed by atoms with E-state index in [1.165, 1.54) is 0 Å².